The first kappa shape index (κ1) is 14.4. The zero-order valence-corrected chi connectivity index (χ0v) is 12.0. The van der Waals surface area contributed by atoms with Gasteiger partial charge in [0.1, 0.15) is 5.75 Å². The first-order chi connectivity index (χ1) is 9.19. The lowest BCUT2D eigenvalue weighted by molar-refractivity contribution is 0.108. The van der Waals surface area contributed by atoms with Crippen molar-refractivity contribution in [2.45, 2.75) is 45.3 Å². The van der Waals surface area contributed by atoms with Crippen LogP contribution in [0.15, 0.2) is 18.2 Å². The minimum Gasteiger partial charge on any atom is -0.496 e. The first-order valence-corrected chi connectivity index (χ1v) is 7.21. The maximum absolute atomic E-state index is 9.49. The zero-order valence-electron chi connectivity index (χ0n) is 12.0. The van der Waals surface area contributed by atoms with Gasteiger partial charge in [-0.3, -0.25) is 0 Å². The second-order valence-corrected chi connectivity index (χ2v) is 5.62. The predicted octanol–water partition coefficient (Wildman–Crippen LogP) is 2.64. The van der Waals surface area contributed by atoms with Crippen LogP contribution in [0, 0.1) is 12.8 Å². The summed E-state index contributed by atoms with van der Waals surface area (Å²) in [5.41, 5.74) is 2.48. The Morgan fingerprint density at radius 2 is 2.00 bits per heavy atom. The number of rotatable bonds is 5. The summed E-state index contributed by atoms with van der Waals surface area (Å²) in [7, 11) is 1.72. The molecule has 3 nitrogen and oxygen atoms in total. The highest BCUT2D eigenvalue weighted by atomic mass is 16.5. The molecular formula is C16H25NO2. The van der Waals surface area contributed by atoms with E-state index in [1.54, 1.807) is 7.11 Å². The summed E-state index contributed by atoms with van der Waals surface area (Å²) in [4.78, 5) is 0. The van der Waals surface area contributed by atoms with Gasteiger partial charge in [-0.25, -0.2) is 0 Å². The average molecular weight is 263 g/mol. The van der Waals surface area contributed by atoms with Gasteiger partial charge < -0.3 is 15.2 Å². The van der Waals surface area contributed by atoms with Gasteiger partial charge in [0, 0.05) is 12.1 Å². The quantitative estimate of drug-likeness (QED) is 0.858. The van der Waals surface area contributed by atoms with Crippen LogP contribution in [0.1, 0.15) is 36.8 Å². The number of hydrogen-bond donors (Lipinski definition) is 2. The van der Waals surface area contributed by atoms with Crippen molar-refractivity contribution in [2.24, 2.45) is 5.92 Å². The molecule has 2 rings (SSSR count). The number of benzene rings is 1. The van der Waals surface area contributed by atoms with E-state index in [-0.39, 0.29) is 6.10 Å². The summed E-state index contributed by atoms with van der Waals surface area (Å²) in [6.07, 6.45) is 4.13. The third-order valence-corrected chi connectivity index (χ3v) is 4.00. The van der Waals surface area contributed by atoms with Gasteiger partial charge in [0.25, 0.3) is 0 Å². The van der Waals surface area contributed by atoms with Crippen molar-refractivity contribution in [1.82, 2.24) is 5.32 Å². The number of aryl methyl sites for hydroxylation is 1. The Morgan fingerprint density at radius 1 is 1.26 bits per heavy atom. The van der Waals surface area contributed by atoms with E-state index in [1.807, 2.05) is 6.07 Å². The van der Waals surface area contributed by atoms with Gasteiger partial charge >= 0.3 is 0 Å². The van der Waals surface area contributed by atoms with Crippen molar-refractivity contribution in [3.8, 4) is 5.75 Å². The fraction of sp³-hybridized carbons (Fsp3) is 0.625. The summed E-state index contributed by atoms with van der Waals surface area (Å²) < 4.78 is 5.38. The summed E-state index contributed by atoms with van der Waals surface area (Å²) in [6, 6.07) is 6.28. The molecule has 3 heteroatoms. The van der Waals surface area contributed by atoms with E-state index in [1.165, 1.54) is 11.1 Å². The minimum atomic E-state index is -0.0619. The molecule has 1 fully saturated rings. The smallest absolute Gasteiger partial charge is 0.123 e. The molecule has 0 spiro atoms. The third kappa shape index (κ3) is 4.22. The molecule has 1 aromatic rings. The number of aliphatic hydroxyl groups is 1. The van der Waals surface area contributed by atoms with Gasteiger partial charge in [0.2, 0.25) is 0 Å². The molecule has 1 aliphatic rings. The average Bonchev–Trinajstić information content (AvgIpc) is 2.41. The lowest BCUT2D eigenvalue weighted by atomic mass is 9.87. The molecule has 0 saturated heterocycles. The molecule has 0 atom stereocenters. The third-order valence-electron chi connectivity index (χ3n) is 4.00. The molecule has 0 unspecified atom stereocenters. The van der Waals surface area contributed by atoms with E-state index in [9.17, 15) is 5.11 Å². The van der Waals surface area contributed by atoms with Crippen LogP contribution in [-0.4, -0.2) is 24.9 Å². The highest BCUT2D eigenvalue weighted by Gasteiger charge is 2.18. The van der Waals surface area contributed by atoms with Gasteiger partial charge in [-0.05, 0) is 51.1 Å². The molecule has 2 N–H and O–H groups in total. The molecule has 1 aliphatic carbocycles. The summed E-state index contributed by atoms with van der Waals surface area (Å²) in [6.45, 7) is 3.99. The van der Waals surface area contributed by atoms with E-state index in [2.05, 4.69) is 24.4 Å². The first-order valence-electron chi connectivity index (χ1n) is 7.21. The predicted molar refractivity (Wildman–Crippen MR) is 77.4 cm³/mol. The molecule has 0 heterocycles. The molecule has 0 aromatic heterocycles. The zero-order chi connectivity index (χ0) is 13.7. The Balaban J connectivity index is 1.80. The second kappa shape index (κ2) is 6.92. The molecule has 106 valence electrons. The Morgan fingerprint density at radius 3 is 2.68 bits per heavy atom. The summed E-state index contributed by atoms with van der Waals surface area (Å²) in [5.74, 6) is 1.66. The summed E-state index contributed by atoms with van der Waals surface area (Å²) in [5, 5.41) is 13.0. The molecule has 1 aromatic carbocycles. The van der Waals surface area contributed by atoms with E-state index in [4.69, 9.17) is 4.74 Å². The van der Waals surface area contributed by atoms with Crippen LogP contribution >= 0.6 is 0 Å². The lowest BCUT2D eigenvalue weighted by Gasteiger charge is -2.25. The van der Waals surface area contributed by atoms with E-state index in [0.29, 0.717) is 5.92 Å². The van der Waals surface area contributed by atoms with E-state index in [0.717, 1.165) is 44.5 Å². The maximum atomic E-state index is 9.49. The Bertz CT molecular complexity index is 398. The van der Waals surface area contributed by atoms with Crippen molar-refractivity contribution >= 4 is 0 Å². The van der Waals surface area contributed by atoms with Crippen molar-refractivity contribution in [2.75, 3.05) is 13.7 Å². The highest BCUT2D eigenvalue weighted by molar-refractivity contribution is 5.36. The lowest BCUT2D eigenvalue weighted by Crippen LogP contribution is -2.27. The van der Waals surface area contributed by atoms with Crippen LogP contribution in [0.5, 0.6) is 5.75 Å². The number of hydrogen-bond acceptors (Lipinski definition) is 3. The molecule has 0 radical (unpaired) electrons. The second-order valence-electron chi connectivity index (χ2n) is 5.62. The Kier molecular flexibility index (Phi) is 5.23. The molecule has 1 saturated carbocycles. The van der Waals surface area contributed by atoms with Crippen LogP contribution < -0.4 is 10.1 Å². The van der Waals surface area contributed by atoms with Crippen LogP contribution in [0.25, 0.3) is 0 Å². The summed E-state index contributed by atoms with van der Waals surface area (Å²) >= 11 is 0. The van der Waals surface area contributed by atoms with Gasteiger partial charge in [-0.2, -0.15) is 0 Å². The van der Waals surface area contributed by atoms with Crippen molar-refractivity contribution in [3.05, 3.63) is 29.3 Å². The Labute approximate surface area is 116 Å². The van der Waals surface area contributed by atoms with Crippen LogP contribution in [0.4, 0.5) is 0 Å². The van der Waals surface area contributed by atoms with Crippen LogP contribution in [0.3, 0.4) is 0 Å². The van der Waals surface area contributed by atoms with Gasteiger partial charge in [-0.15, -0.1) is 0 Å². The number of ether oxygens (including phenoxy) is 1. The van der Waals surface area contributed by atoms with E-state index >= 15 is 0 Å². The normalized spacial score (nSPS) is 23.3. The van der Waals surface area contributed by atoms with E-state index < -0.39 is 0 Å². The fourth-order valence-corrected chi connectivity index (χ4v) is 2.81. The van der Waals surface area contributed by atoms with Crippen molar-refractivity contribution < 1.29 is 9.84 Å². The minimum absolute atomic E-state index is 0.0619. The highest BCUT2D eigenvalue weighted by Crippen LogP contribution is 2.24. The van der Waals surface area contributed by atoms with Gasteiger partial charge in [-0.1, -0.05) is 17.7 Å². The van der Waals surface area contributed by atoms with Crippen LogP contribution in [0.2, 0.25) is 0 Å². The van der Waals surface area contributed by atoms with Gasteiger partial charge in [0.15, 0.2) is 0 Å². The maximum Gasteiger partial charge on any atom is 0.123 e. The monoisotopic (exact) mass is 263 g/mol. The number of aliphatic hydroxyl groups excluding tert-OH is 1. The fourth-order valence-electron chi connectivity index (χ4n) is 2.81. The molecular weight excluding hydrogens is 238 g/mol. The largest absolute Gasteiger partial charge is 0.496 e. The Hall–Kier alpha value is -1.06. The number of methoxy groups -OCH3 is 1. The standard InChI is InChI=1S/C16H25NO2/c1-12-3-8-16(19-2)14(9-12)11-17-10-13-4-6-15(18)7-5-13/h3,8-9,13,15,17-18H,4-7,10-11H2,1-2H3. The molecule has 19 heavy (non-hydrogen) atoms. The number of nitrogens with one attached hydrogen (secondary N) is 1. The molecule has 0 amide bonds. The molecule has 0 bridgehead atoms. The molecule has 0 aliphatic heterocycles. The SMILES string of the molecule is COc1ccc(C)cc1CNCC1CCC(O)CC1. The van der Waals surface area contributed by atoms with Crippen molar-refractivity contribution in [1.29, 1.82) is 0 Å². The van der Waals surface area contributed by atoms with Gasteiger partial charge in [0.05, 0.1) is 13.2 Å². The van der Waals surface area contributed by atoms with Crippen molar-refractivity contribution in [3.63, 3.8) is 0 Å². The van der Waals surface area contributed by atoms with Crippen LogP contribution in [-0.2, 0) is 6.54 Å². The topological polar surface area (TPSA) is 41.5 Å².